The molecule has 0 aromatic rings. The lowest BCUT2D eigenvalue weighted by molar-refractivity contribution is -0.117. The van der Waals surface area contributed by atoms with Crippen LogP contribution in [0.2, 0.25) is 18.1 Å². The molecule has 25 heavy (non-hydrogen) atoms. The highest BCUT2D eigenvalue weighted by Crippen LogP contribution is 2.41. The quantitative estimate of drug-likeness (QED) is 0.517. The number of hydrogen-bond donors (Lipinski definition) is 0. The van der Waals surface area contributed by atoms with Gasteiger partial charge in [-0.05, 0) is 45.3 Å². The van der Waals surface area contributed by atoms with Crippen molar-refractivity contribution in [1.82, 2.24) is 4.90 Å². The second-order valence-corrected chi connectivity index (χ2v) is 14.5. The van der Waals surface area contributed by atoms with E-state index in [1.165, 1.54) is 0 Å². The lowest BCUT2D eigenvalue weighted by Gasteiger charge is -2.38. The van der Waals surface area contributed by atoms with Crippen LogP contribution >= 0.6 is 0 Å². The molecule has 1 rings (SSSR count). The van der Waals surface area contributed by atoms with Crippen LogP contribution in [0.1, 0.15) is 67.7 Å². The van der Waals surface area contributed by atoms with Crippen molar-refractivity contribution in [1.29, 1.82) is 0 Å². The van der Waals surface area contributed by atoms with E-state index in [-0.39, 0.29) is 11.1 Å². The predicted molar refractivity (Wildman–Crippen MR) is 103 cm³/mol. The zero-order valence-electron chi connectivity index (χ0n) is 17.6. The summed E-state index contributed by atoms with van der Waals surface area (Å²) in [4.78, 5) is 26.3. The van der Waals surface area contributed by atoms with E-state index in [1.54, 1.807) is 4.90 Å². The number of aldehydes is 1. The molecule has 1 saturated heterocycles. The molecule has 0 aromatic carbocycles. The molecule has 5 nitrogen and oxygen atoms in total. The molecule has 1 amide bonds. The maximum atomic E-state index is 12.7. The molecule has 1 aliphatic rings. The summed E-state index contributed by atoms with van der Waals surface area (Å²) < 4.78 is 12.1. The third-order valence-electron chi connectivity index (χ3n) is 5.29. The van der Waals surface area contributed by atoms with Gasteiger partial charge in [-0.3, -0.25) is 4.90 Å². The smallest absolute Gasteiger partial charge is 0.411 e. The molecular formula is C19H37NO4Si. The van der Waals surface area contributed by atoms with Crippen LogP contribution in [0.3, 0.4) is 0 Å². The summed E-state index contributed by atoms with van der Waals surface area (Å²) in [5.74, 6) is 0. The van der Waals surface area contributed by atoms with Gasteiger partial charge in [-0.1, -0.05) is 34.1 Å². The Morgan fingerprint density at radius 1 is 1.24 bits per heavy atom. The minimum Gasteiger partial charge on any atom is -0.444 e. The first-order valence-electron chi connectivity index (χ1n) is 9.32. The minimum atomic E-state index is -1.97. The molecular weight excluding hydrogens is 334 g/mol. The molecule has 2 atom stereocenters. The van der Waals surface area contributed by atoms with Gasteiger partial charge in [-0.2, -0.15) is 0 Å². The molecule has 1 unspecified atom stereocenters. The first-order chi connectivity index (χ1) is 11.2. The van der Waals surface area contributed by atoms with Gasteiger partial charge in [0.2, 0.25) is 0 Å². The summed E-state index contributed by atoms with van der Waals surface area (Å²) in [6, 6.07) is 0. The van der Waals surface area contributed by atoms with Gasteiger partial charge in [0.15, 0.2) is 8.32 Å². The number of likely N-dealkylation sites (tertiary alicyclic amines) is 1. The molecule has 0 aliphatic carbocycles. The lowest BCUT2D eigenvalue weighted by atomic mass is 9.92. The Bertz CT molecular complexity index is 493. The van der Waals surface area contributed by atoms with E-state index >= 15 is 0 Å². The van der Waals surface area contributed by atoms with E-state index in [4.69, 9.17) is 9.16 Å². The van der Waals surface area contributed by atoms with E-state index in [0.717, 1.165) is 12.7 Å². The van der Waals surface area contributed by atoms with Gasteiger partial charge < -0.3 is 14.0 Å². The Labute approximate surface area is 154 Å². The van der Waals surface area contributed by atoms with E-state index < -0.39 is 25.6 Å². The van der Waals surface area contributed by atoms with E-state index in [0.29, 0.717) is 19.4 Å². The normalized spacial score (nSPS) is 25.2. The molecule has 0 radical (unpaired) electrons. The molecule has 0 saturated carbocycles. The Balaban J connectivity index is 3.06. The van der Waals surface area contributed by atoms with Gasteiger partial charge in [0.25, 0.3) is 0 Å². The summed E-state index contributed by atoms with van der Waals surface area (Å²) >= 11 is 0. The van der Waals surface area contributed by atoms with Crippen molar-refractivity contribution < 1.29 is 18.8 Å². The molecule has 0 bridgehead atoms. The third-order valence-corrected chi connectivity index (χ3v) is 9.82. The van der Waals surface area contributed by atoms with E-state index in [2.05, 4.69) is 33.9 Å². The van der Waals surface area contributed by atoms with Gasteiger partial charge in [-0.25, -0.2) is 4.79 Å². The molecule has 1 aliphatic heterocycles. The van der Waals surface area contributed by atoms with Crippen LogP contribution in [-0.4, -0.2) is 49.4 Å². The largest absolute Gasteiger partial charge is 0.444 e. The Morgan fingerprint density at radius 3 is 2.20 bits per heavy atom. The fraction of sp³-hybridized carbons (Fsp3) is 0.895. The molecule has 0 N–H and O–H groups in total. The van der Waals surface area contributed by atoms with Crippen LogP contribution < -0.4 is 0 Å². The summed E-state index contributed by atoms with van der Waals surface area (Å²) in [6.45, 7) is 18.9. The number of amides is 1. The first kappa shape index (κ1) is 22.2. The van der Waals surface area contributed by atoms with Gasteiger partial charge >= 0.3 is 6.09 Å². The van der Waals surface area contributed by atoms with Crippen molar-refractivity contribution >= 4 is 20.7 Å². The van der Waals surface area contributed by atoms with Gasteiger partial charge in [-0.15, -0.1) is 0 Å². The molecule has 146 valence electrons. The number of nitrogens with zero attached hydrogens (tertiary/aromatic N) is 1. The average molecular weight is 372 g/mol. The highest BCUT2D eigenvalue weighted by molar-refractivity contribution is 6.74. The van der Waals surface area contributed by atoms with Crippen LogP contribution in [-0.2, 0) is 14.0 Å². The maximum Gasteiger partial charge on any atom is 0.411 e. The van der Waals surface area contributed by atoms with E-state index in [9.17, 15) is 9.59 Å². The van der Waals surface area contributed by atoms with Crippen molar-refractivity contribution in [2.45, 2.75) is 103 Å². The molecule has 6 heteroatoms. The van der Waals surface area contributed by atoms with Crippen molar-refractivity contribution in [3.05, 3.63) is 0 Å². The average Bonchev–Trinajstić information content (AvgIpc) is 2.74. The first-order valence-corrected chi connectivity index (χ1v) is 12.2. The van der Waals surface area contributed by atoms with Crippen LogP contribution in [0.25, 0.3) is 0 Å². The number of ether oxygens (including phenoxy) is 1. The van der Waals surface area contributed by atoms with Crippen molar-refractivity contribution in [3.63, 3.8) is 0 Å². The van der Waals surface area contributed by atoms with Gasteiger partial charge in [0, 0.05) is 6.42 Å². The zero-order valence-corrected chi connectivity index (χ0v) is 18.6. The second kappa shape index (κ2) is 7.39. The summed E-state index contributed by atoms with van der Waals surface area (Å²) in [5, 5.41) is 0.0843. The van der Waals surface area contributed by atoms with Crippen LogP contribution in [0.5, 0.6) is 0 Å². The Morgan fingerprint density at radius 2 is 1.80 bits per heavy atom. The Kier molecular flexibility index (Phi) is 6.55. The SMILES string of the molecule is CCC[C@]1(C=O)CC(O[Si](C)(C)C(C)(C)C)CN1C(=O)OC(C)(C)C. The summed E-state index contributed by atoms with van der Waals surface area (Å²) in [6.07, 6.45) is 2.39. The van der Waals surface area contributed by atoms with Crippen molar-refractivity contribution in [3.8, 4) is 0 Å². The second-order valence-electron chi connectivity index (χ2n) is 9.77. The number of carbonyl (C=O) groups is 2. The van der Waals surface area contributed by atoms with Crippen LogP contribution in [0, 0.1) is 0 Å². The molecule has 1 heterocycles. The highest BCUT2D eigenvalue weighted by atomic mass is 28.4. The van der Waals surface area contributed by atoms with Crippen molar-refractivity contribution in [2.24, 2.45) is 0 Å². The van der Waals surface area contributed by atoms with E-state index in [1.807, 2.05) is 27.7 Å². The van der Waals surface area contributed by atoms with Gasteiger partial charge in [0.05, 0.1) is 12.6 Å². The third kappa shape index (κ3) is 5.30. The lowest BCUT2D eigenvalue weighted by Crippen LogP contribution is -2.50. The zero-order chi connectivity index (χ0) is 19.7. The topological polar surface area (TPSA) is 55.8 Å². The van der Waals surface area contributed by atoms with Crippen LogP contribution in [0.15, 0.2) is 0 Å². The van der Waals surface area contributed by atoms with Crippen molar-refractivity contribution in [2.75, 3.05) is 6.54 Å². The monoisotopic (exact) mass is 371 g/mol. The fourth-order valence-corrected chi connectivity index (χ4v) is 4.39. The number of rotatable bonds is 5. The molecule has 0 aromatic heterocycles. The summed E-state index contributed by atoms with van der Waals surface area (Å²) in [5.41, 5.74) is -1.40. The standard InChI is InChI=1S/C19H37NO4Si/c1-10-11-19(14-21)12-15(24-25(8,9)18(5,6)7)13-20(19)16(22)23-17(2,3)4/h14-15H,10-13H2,1-9H3/t15?,19-/m1/s1. The van der Waals surface area contributed by atoms with Gasteiger partial charge in [0.1, 0.15) is 17.4 Å². The van der Waals surface area contributed by atoms with Crippen LogP contribution in [0.4, 0.5) is 4.79 Å². The summed E-state index contributed by atoms with van der Waals surface area (Å²) in [7, 11) is -1.97. The molecule has 0 spiro atoms. The number of hydrogen-bond acceptors (Lipinski definition) is 4. The highest BCUT2D eigenvalue weighted by Gasteiger charge is 2.51. The number of carbonyl (C=O) groups excluding carboxylic acids is 2. The Hall–Kier alpha value is -0.883. The maximum absolute atomic E-state index is 12.7. The predicted octanol–water partition coefficient (Wildman–Crippen LogP) is 4.76. The minimum absolute atomic E-state index is 0.0843. The fourth-order valence-electron chi connectivity index (χ4n) is 3.04. The molecule has 1 fully saturated rings.